The van der Waals surface area contributed by atoms with Gasteiger partial charge >= 0.3 is 0 Å². The minimum atomic E-state index is -0.458. The Morgan fingerprint density at radius 1 is 1.17 bits per heavy atom. The van der Waals surface area contributed by atoms with E-state index < -0.39 is 11.0 Å². The van der Waals surface area contributed by atoms with Crippen LogP contribution in [0.1, 0.15) is 24.5 Å². The lowest BCUT2D eigenvalue weighted by Crippen LogP contribution is -2.35. The second-order valence-corrected chi connectivity index (χ2v) is 6.48. The Kier molecular flexibility index (Phi) is 5.02. The molecular weight excluding hydrogens is 328 g/mol. The van der Waals surface area contributed by atoms with Crippen molar-refractivity contribution in [2.75, 3.05) is 18.0 Å². The first-order valence-electron chi connectivity index (χ1n) is 7.98. The van der Waals surface area contributed by atoms with E-state index in [0.29, 0.717) is 5.02 Å². The van der Waals surface area contributed by atoms with E-state index >= 15 is 0 Å². The van der Waals surface area contributed by atoms with Crippen LogP contribution in [0.25, 0.3) is 0 Å². The van der Waals surface area contributed by atoms with Gasteiger partial charge < -0.3 is 10.0 Å². The number of rotatable bonds is 4. The van der Waals surface area contributed by atoms with E-state index in [-0.39, 0.29) is 11.6 Å². The number of nitrogens with zero attached hydrogens (tertiary/aromatic N) is 2. The summed E-state index contributed by atoms with van der Waals surface area (Å²) in [4.78, 5) is 12.5. The summed E-state index contributed by atoms with van der Waals surface area (Å²) in [5.41, 5.74) is 1.76. The summed E-state index contributed by atoms with van der Waals surface area (Å²) in [6.45, 7) is 1.54. The van der Waals surface area contributed by atoms with E-state index in [2.05, 4.69) is 4.90 Å². The van der Waals surface area contributed by atoms with Gasteiger partial charge in [0, 0.05) is 25.2 Å². The predicted molar refractivity (Wildman–Crippen MR) is 94.4 cm³/mol. The molecule has 0 saturated carbocycles. The number of nitro benzene ring substituents is 1. The van der Waals surface area contributed by atoms with Crippen LogP contribution >= 0.6 is 11.6 Å². The molecule has 1 aliphatic rings. The fourth-order valence-corrected chi connectivity index (χ4v) is 3.54. The molecule has 0 spiro atoms. The zero-order chi connectivity index (χ0) is 17.1. The molecule has 2 aromatic rings. The maximum Gasteiger partial charge on any atom is 0.271 e. The first-order chi connectivity index (χ1) is 11.6. The number of piperidine rings is 1. The van der Waals surface area contributed by atoms with E-state index in [9.17, 15) is 15.2 Å². The molecule has 0 amide bonds. The quantitative estimate of drug-likeness (QED) is 0.665. The average Bonchev–Trinajstić information content (AvgIpc) is 2.62. The third-order valence-corrected chi connectivity index (χ3v) is 4.91. The highest BCUT2D eigenvalue weighted by Gasteiger charge is 2.27. The van der Waals surface area contributed by atoms with Crippen molar-refractivity contribution in [1.82, 2.24) is 0 Å². The summed E-state index contributed by atoms with van der Waals surface area (Å²) >= 11 is 6.21. The van der Waals surface area contributed by atoms with Crippen LogP contribution in [-0.4, -0.2) is 23.1 Å². The average molecular weight is 347 g/mol. The minimum Gasteiger partial charge on any atom is -0.388 e. The molecule has 1 aliphatic heterocycles. The lowest BCUT2D eigenvalue weighted by Gasteiger charge is -2.36. The smallest absolute Gasteiger partial charge is 0.271 e. The third kappa shape index (κ3) is 3.52. The Hall–Kier alpha value is -2.11. The van der Waals surface area contributed by atoms with Crippen LogP contribution in [-0.2, 0) is 0 Å². The van der Waals surface area contributed by atoms with Crippen molar-refractivity contribution >= 4 is 23.0 Å². The number of hydrogen-bond donors (Lipinski definition) is 1. The van der Waals surface area contributed by atoms with Gasteiger partial charge in [0.25, 0.3) is 5.69 Å². The summed E-state index contributed by atoms with van der Waals surface area (Å²) in [5.74, 6) is 0.209. The van der Waals surface area contributed by atoms with E-state index in [4.69, 9.17) is 11.6 Å². The Balaban J connectivity index is 1.66. The molecule has 126 valence electrons. The van der Waals surface area contributed by atoms with Crippen LogP contribution < -0.4 is 4.90 Å². The van der Waals surface area contributed by atoms with Gasteiger partial charge in [0.05, 0.1) is 21.7 Å². The van der Waals surface area contributed by atoms with Gasteiger partial charge in [-0.25, -0.2) is 0 Å². The van der Waals surface area contributed by atoms with Gasteiger partial charge in [0.15, 0.2) is 0 Å². The van der Waals surface area contributed by atoms with Crippen molar-refractivity contribution in [2.45, 2.75) is 18.9 Å². The second-order valence-electron chi connectivity index (χ2n) is 6.07. The van der Waals surface area contributed by atoms with Crippen LogP contribution in [0.4, 0.5) is 11.4 Å². The van der Waals surface area contributed by atoms with Crippen molar-refractivity contribution in [2.24, 2.45) is 5.92 Å². The Morgan fingerprint density at radius 3 is 2.42 bits per heavy atom. The standard InChI is InChI=1S/C18H19ClN2O3/c19-16-12-15(21(23)24)6-7-17(16)20-10-8-14(9-11-20)18(22)13-4-2-1-3-5-13/h1-7,12,14,18,22H,8-11H2/t18-/m0/s1. The Morgan fingerprint density at radius 2 is 1.83 bits per heavy atom. The molecule has 6 heteroatoms. The topological polar surface area (TPSA) is 66.6 Å². The molecule has 0 aliphatic carbocycles. The highest BCUT2D eigenvalue weighted by molar-refractivity contribution is 6.33. The minimum absolute atomic E-state index is 0.00173. The number of aliphatic hydroxyl groups excluding tert-OH is 1. The zero-order valence-electron chi connectivity index (χ0n) is 13.1. The molecule has 1 heterocycles. The molecule has 0 unspecified atom stereocenters. The van der Waals surface area contributed by atoms with Gasteiger partial charge in [-0.15, -0.1) is 0 Å². The van der Waals surface area contributed by atoms with Gasteiger partial charge in [-0.05, 0) is 30.4 Å². The highest BCUT2D eigenvalue weighted by Crippen LogP contribution is 2.35. The monoisotopic (exact) mass is 346 g/mol. The van der Waals surface area contributed by atoms with Crippen LogP contribution in [0.2, 0.25) is 5.02 Å². The fraction of sp³-hybridized carbons (Fsp3) is 0.333. The molecule has 1 fully saturated rings. The maximum atomic E-state index is 10.8. The first-order valence-corrected chi connectivity index (χ1v) is 8.36. The van der Waals surface area contributed by atoms with Crippen LogP contribution in [0, 0.1) is 16.0 Å². The molecule has 0 radical (unpaired) electrons. The van der Waals surface area contributed by atoms with Gasteiger partial charge in [-0.3, -0.25) is 10.1 Å². The molecule has 3 rings (SSSR count). The summed E-state index contributed by atoms with van der Waals surface area (Å²) in [7, 11) is 0. The SMILES string of the molecule is O=[N+]([O-])c1ccc(N2CCC([C@@H](O)c3ccccc3)CC2)c(Cl)c1. The number of anilines is 1. The van der Waals surface area contributed by atoms with Crippen molar-refractivity contribution in [1.29, 1.82) is 0 Å². The molecule has 0 bridgehead atoms. The van der Waals surface area contributed by atoms with E-state index in [1.165, 1.54) is 12.1 Å². The van der Waals surface area contributed by atoms with Crippen LogP contribution in [0.3, 0.4) is 0 Å². The van der Waals surface area contributed by atoms with E-state index in [0.717, 1.165) is 37.2 Å². The summed E-state index contributed by atoms with van der Waals surface area (Å²) in [5, 5.41) is 21.7. The summed E-state index contributed by atoms with van der Waals surface area (Å²) in [6.07, 6.45) is 1.24. The molecular formula is C18H19ClN2O3. The van der Waals surface area contributed by atoms with Crippen LogP contribution in [0.5, 0.6) is 0 Å². The van der Waals surface area contributed by atoms with Crippen molar-refractivity contribution in [3.05, 3.63) is 69.2 Å². The van der Waals surface area contributed by atoms with Gasteiger partial charge in [-0.1, -0.05) is 41.9 Å². The number of nitro groups is 1. The molecule has 1 saturated heterocycles. The van der Waals surface area contributed by atoms with Gasteiger partial charge in [0.1, 0.15) is 0 Å². The summed E-state index contributed by atoms with van der Waals surface area (Å²) in [6, 6.07) is 14.3. The fourth-order valence-electron chi connectivity index (χ4n) is 3.24. The third-order valence-electron chi connectivity index (χ3n) is 4.61. The van der Waals surface area contributed by atoms with E-state index in [1.54, 1.807) is 6.07 Å². The zero-order valence-corrected chi connectivity index (χ0v) is 13.9. The number of halogens is 1. The Labute approximate surface area is 145 Å². The molecule has 1 N–H and O–H groups in total. The van der Waals surface area contributed by atoms with Crippen LogP contribution in [0.15, 0.2) is 48.5 Å². The second kappa shape index (κ2) is 7.20. The largest absolute Gasteiger partial charge is 0.388 e. The number of hydrogen-bond acceptors (Lipinski definition) is 4. The molecule has 0 aromatic heterocycles. The highest BCUT2D eigenvalue weighted by atomic mass is 35.5. The van der Waals surface area contributed by atoms with Crippen molar-refractivity contribution < 1.29 is 10.0 Å². The first kappa shape index (κ1) is 16.7. The molecule has 1 atom stereocenters. The Bertz CT molecular complexity index is 715. The number of non-ortho nitro benzene ring substituents is 1. The van der Waals surface area contributed by atoms with Crippen molar-refractivity contribution in [3.8, 4) is 0 Å². The predicted octanol–water partition coefficient (Wildman–Crippen LogP) is 4.20. The molecule has 5 nitrogen and oxygen atoms in total. The maximum absolute atomic E-state index is 10.8. The lowest BCUT2D eigenvalue weighted by molar-refractivity contribution is -0.384. The van der Waals surface area contributed by atoms with Gasteiger partial charge in [0.2, 0.25) is 0 Å². The van der Waals surface area contributed by atoms with Crippen molar-refractivity contribution in [3.63, 3.8) is 0 Å². The van der Waals surface area contributed by atoms with Gasteiger partial charge in [-0.2, -0.15) is 0 Å². The van der Waals surface area contributed by atoms with E-state index in [1.807, 2.05) is 30.3 Å². The number of aliphatic hydroxyl groups is 1. The molecule has 24 heavy (non-hydrogen) atoms. The normalized spacial score (nSPS) is 16.8. The molecule has 2 aromatic carbocycles. The number of benzene rings is 2. The lowest BCUT2D eigenvalue weighted by atomic mass is 9.87. The summed E-state index contributed by atoms with van der Waals surface area (Å²) < 4.78 is 0.